The fraction of sp³-hybridized carbons (Fsp3) is 0.571. The molecule has 0 aliphatic heterocycles. The van der Waals surface area contributed by atoms with Gasteiger partial charge >= 0.3 is 0 Å². The maximum Gasteiger partial charge on any atom is 0.181 e. The van der Waals surface area contributed by atoms with Gasteiger partial charge in [0.15, 0.2) is 6.71 Å². The monoisotopic (exact) mass is 200 g/mol. The van der Waals surface area contributed by atoms with Crippen LogP contribution in [0.3, 0.4) is 0 Å². The average molecular weight is 200 g/mol. The lowest BCUT2D eigenvalue weighted by Crippen LogP contribution is -2.09. The summed E-state index contributed by atoms with van der Waals surface area (Å²) in [5, 5.41) is 0. The highest BCUT2D eigenvalue weighted by molar-refractivity contribution is 6.71. The van der Waals surface area contributed by atoms with Crippen molar-refractivity contribution >= 4 is 6.71 Å². The Balaban J connectivity index is 1.86. The van der Waals surface area contributed by atoms with Gasteiger partial charge in [0.05, 0.1) is 0 Å². The zero-order valence-electron chi connectivity index (χ0n) is 9.84. The Bertz CT molecular complexity index is 278. The highest BCUT2D eigenvalue weighted by Gasteiger charge is 2.47. The molecule has 0 heterocycles. The van der Waals surface area contributed by atoms with Crippen LogP contribution < -0.4 is 0 Å². The number of hydrogen-bond acceptors (Lipinski definition) is 0. The van der Waals surface area contributed by atoms with Crippen molar-refractivity contribution in [2.45, 2.75) is 50.7 Å². The van der Waals surface area contributed by atoms with Crippen molar-refractivity contribution in [3.8, 4) is 0 Å². The molecule has 2 aliphatic rings. The molecule has 2 rings (SSSR count). The summed E-state index contributed by atoms with van der Waals surface area (Å²) in [5.74, 6) is 4.01. The van der Waals surface area contributed by atoms with Crippen molar-refractivity contribution in [1.82, 2.24) is 0 Å². The summed E-state index contributed by atoms with van der Waals surface area (Å²) in [4.78, 5) is 0. The van der Waals surface area contributed by atoms with Crippen molar-refractivity contribution in [2.24, 2.45) is 0 Å². The minimum Gasteiger partial charge on any atom is -0.118 e. The largest absolute Gasteiger partial charge is 0.181 e. The second kappa shape index (κ2) is 4.43. The van der Waals surface area contributed by atoms with E-state index in [1.54, 1.807) is 0 Å². The van der Waals surface area contributed by atoms with Gasteiger partial charge in [0.25, 0.3) is 0 Å². The van der Waals surface area contributed by atoms with Crippen LogP contribution in [0.25, 0.3) is 0 Å². The van der Waals surface area contributed by atoms with Gasteiger partial charge in [-0.25, -0.2) is 0 Å². The first-order chi connectivity index (χ1) is 7.24. The van der Waals surface area contributed by atoms with Crippen molar-refractivity contribution < 1.29 is 0 Å². The molecule has 0 saturated heterocycles. The lowest BCUT2D eigenvalue weighted by atomic mass is 9.41. The van der Waals surface area contributed by atoms with E-state index in [4.69, 9.17) is 0 Å². The molecule has 0 aromatic rings. The Morgan fingerprint density at radius 1 is 1.27 bits per heavy atom. The normalized spacial score (nSPS) is 28.6. The fourth-order valence-electron chi connectivity index (χ4n) is 2.39. The Morgan fingerprint density at radius 2 is 1.80 bits per heavy atom. The molecule has 2 aliphatic carbocycles. The van der Waals surface area contributed by atoms with Gasteiger partial charge in [0.1, 0.15) is 0 Å². The predicted octanol–water partition coefficient (Wildman–Crippen LogP) is 4.43. The van der Waals surface area contributed by atoms with Crippen LogP contribution >= 0.6 is 0 Å². The molecular formula is C14H21B. The molecule has 0 bridgehead atoms. The van der Waals surface area contributed by atoms with E-state index in [0.29, 0.717) is 0 Å². The number of hydrogen-bond donors (Lipinski definition) is 0. The summed E-state index contributed by atoms with van der Waals surface area (Å²) in [6, 6.07) is 0. The summed E-state index contributed by atoms with van der Waals surface area (Å²) >= 11 is 0. The number of unbranched alkanes of at least 4 members (excludes halogenated alkanes) is 2. The van der Waals surface area contributed by atoms with Gasteiger partial charge < -0.3 is 0 Å². The topological polar surface area (TPSA) is 0 Å². The van der Waals surface area contributed by atoms with Gasteiger partial charge in [0.2, 0.25) is 0 Å². The predicted molar refractivity (Wildman–Crippen MR) is 69.4 cm³/mol. The smallest absolute Gasteiger partial charge is 0.118 e. The van der Waals surface area contributed by atoms with Crippen LogP contribution in [0, 0.1) is 0 Å². The zero-order chi connectivity index (χ0) is 10.8. The highest BCUT2D eigenvalue weighted by atomic mass is 14.3. The van der Waals surface area contributed by atoms with Crippen molar-refractivity contribution in [3.05, 3.63) is 36.4 Å². The third kappa shape index (κ3) is 2.65. The van der Waals surface area contributed by atoms with E-state index >= 15 is 0 Å². The van der Waals surface area contributed by atoms with Crippen LogP contribution in [0.1, 0.15) is 39.0 Å². The minimum absolute atomic E-state index is 0.738. The molecule has 0 N–H and O–H groups in total. The lowest BCUT2D eigenvalue weighted by Gasteiger charge is -2.04. The molecule has 80 valence electrons. The molecule has 2 unspecified atom stereocenters. The molecule has 0 nitrogen and oxygen atoms in total. The molecule has 2 atom stereocenters. The zero-order valence-corrected chi connectivity index (χ0v) is 9.84. The quantitative estimate of drug-likeness (QED) is 0.338. The fourth-order valence-corrected chi connectivity index (χ4v) is 2.39. The van der Waals surface area contributed by atoms with Gasteiger partial charge in [-0.1, -0.05) is 37.0 Å². The first kappa shape index (κ1) is 10.8. The first-order valence-electron chi connectivity index (χ1n) is 6.26. The summed E-state index contributed by atoms with van der Waals surface area (Å²) in [5.41, 5.74) is 2.92. The van der Waals surface area contributed by atoms with E-state index in [1.165, 1.54) is 43.3 Å². The molecule has 0 amide bonds. The van der Waals surface area contributed by atoms with Crippen LogP contribution in [-0.4, -0.2) is 6.71 Å². The van der Waals surface area contributed by atoms with Crippen molar-refractivity contribution in [2.75, 3.05) is 0 Å². The molecule has 2 saturated carbocycles. The minimum atomic E-state index is 0.738. The second-order valence-electron chi connectivity index (χ2n) is 5.09. The Kier molecular flexibility index (Phi) is 3.18. The number of rotatable bonds is 6. The van der Waals surface area contributed by atoms with Crippen LogP contribution in [-0.2, 0) is 0 Å². The second-order valence-corrected chi connectivity index (χ2v) is 5.09. The van der Waals surface area contributed by atoms with E-state index in [0.717, 1.165) is 18.3 Å². The van der Waals surface area contributed by atoms with Gasteiger partial charge in [-0.3, -0.25) is 0 Å². The summed E-state index contributed by atoms with van der Waals surface area (Å²) < 4.78 is 0. The number of allylic oxidation sites excluding steroid dienone is 3. The molecule has 2 fully saturated rings. The van der Waals surface area contributed by atoms with Crippen LogP contribution in [0.4, 0.5) is 0 Å². The summed E-state index contributed by atoms with van der Waals surface area (Å²) in [7, 11) is 0. The van der Waals surface area contributed by atoms with E-state index in [2.05, 4.69) is 32.1 Å². The van der Waals surface area contributed by atoms with Gasteiger partial charge in [0, 0.05) is 0 Å². The van der Waals surface area contributed by atoms with Crippen LogP contribution in [0.5, 0.6) is 0 Å². The van der Waals surface area contributed by atoms with Crippen molar-refractivity contribution in [3.63, 3.8) is 0 Å². The maximum absolute atomic E-state index is 4.09. The SMILES string of the molecule is C=C1CC1B(C=CCCCC)C1CC1=C. The van der Waals surface area contributed by atoms with Crippen LogP contribution in [0.15, 0.2) is 36.4 Å². The molecule has 0 aromatic carbocycles. The van der Waals surface area contributed by atoms with E-state index in [-0.39, 0.29) is 0 Å². The third-order valence-corrected chi connectivity index (χ3v) is 3.70. The third-order valence-electron chi connectivity index (χ3n) is 3.70. The lowest BCUT2D eigenvalue weighted by molar-refractivity contribution is 0.815. The Labute approximate surface area is 94.2 Å². The van der Waals surface area contributed by atoms with Gasteiger partial charge in [-0.2, -0.15) is 0 Å². The molecule has 0 aromatic heterocycles. The molecular weight excluding hydrogens is 179 g/mol. The molecule has 1 heteroatoms. The average Bonchev–Trinajstić information content (AvgIpc) is 3.08. The van der Waals surface area contributed by atoms with E-state index in [9.17, 15) is 0 Å². The summed E-state index contributed by atoms with van der Waals surface area (Å²) in [6.07, 6.45) is 8.75. The van der Waals surface area contributed by atoms with Crippen LogP contribution in [0.2, 0.25) is 11.6 Å². The van der Waals surface area contributed by atoms with Crippen molar-refractivity contribution in [1.29, 1.82) is 0 Å². The first-order valence-corrected chi connectivity index (χ1v) is 6.26. The van der Waals surface area contributed by atoms with Gasteiger partial charge in [-0.15, -0.1) is 19.1 Å². The molecule has 0 spiro atoms. The van der Waals surface area contributed by atoms with Gasteiger partial charge in [-0.05, 0) is 30.9 Å². The summed E-state index contributed by atoms with van der Waals surface area (Å²) in [6.45, 7) is 11.2. The molecule has 0 radical (unpaired) electrons. The Hall–Kier alpha value is -0.715. The standard InChI is InChI=1S/C14H21B/c1-4-5-6-7-8-15(13-9-11(13)2)14-10-12(14)3/h7-8,13-14H,2-6,9-10H2,1H3. The Morgan fingerprint density at radius 3 is 2.20 bits per heavy atom. The van der Waals surface area contributed by atoms with E-state index < -0.39 is 0 Å². The molecule has 15 heavy (non-hydrogen) atoms. The van der Waals surface area contributed by atoms with E-state index in [1.807, 2.05) is 0 Å². The maximum atomic E-state index is 4.09. The highest BCUT2D eigenvalue weighted by Crippen LogP contribution is 2.57.